The molecule has 1 heterocycles. The van der Waals surface area contributed by atoms with E-state index in [4.69, 9.17) is 9.73 Å². The summed E-state index contributed by atoms with van der Waals surface area (Å²) < 4.78 is 5.40. The van der Waals surface area contributed by atoms with Crippen LogP contribution in [0.2, 0.25) is 0 Å². The van der Waals surface area contributed by atoms with Crippen molar-refractivity contribution in [2.75, 3.05) is 19.5 Å². The number of ether oxygens (including phenoxy) is 1. The SMILES string of the molecule is C=CCC12CCN=C1C(Br)Cc1ccc(OC)cc12.CBr. The predicted molar refractivity (Wildman–Crippen MR) is 97.7 cm³/mol. The second-order valence-electron chi connectivity index (χ2n) is 5.29. The van der Waals surface area contributed by atoms with Crippen molar-refractivity contribution in [1.82, 2.24) is 0 Å². The fourth-order valence-electron chi connectivity index (χ4n) is 3.48. The summed E-state index contributed by atoms with van der Waals surface area (Å²) in [6, 6.07) is 6.44. The lowest BCUT2D eigenvalue weighted by Crippen LogP contribution is -2.43. The zero-order valence-corrected chi connectivity index (χ0v) is 15.7. The van der Waals surface area contributed by atoms with Crippen LogP contribution < -0.4 is 4.74 Å². The second-order valence-corrected chi connectivity index (χ2v) is 6.39. The van der Waals surface area contributed by atoms with Crippen LogP contribution in [0.15, 0.2) is 35.8 Å². The number of alkyl halides is 2. The summed E-state index contributed by atoms with van der Waals surface area (Å²) in [5, 5.41) is 0. The molecule has 2 nitrogen and oxygen atoms in total. The highest BCUT2D eigenvalue weighted by atomic mass is 79.9. The van der Waals surface area contributed by atoms with Crippen molar-refractivity contribution in [3.63, 3.8) is 0 Å². The van der Waals surface area contributed by atoms with Gasteiger partial charge >= 0.3 is 0 Å². The third-order valence-corrected chi connectivity index (χ3v) is 5.09. The number of benzene rings is 1. The number of hydrogen-bond donors (Lipinski definition) is 0. The Balaban J connectivity index is 0.000000774. The molecule has 0 fully saturated rings. The molecule has 1 aromatic carbocycles. The quantitative estimate of drug-likeness (QED) is 0.519. The predicted octanol–water partition coefficient (Wildman–Crippen LogP) is 4.68. The zero-order chi connectivity index (χ0) is 15.5. The van der Waals surface area contributed by atoms with E-state index in [9.17, 15) is 0 Å². The molecule has 2 unspecified atom stereocenters. The molecule has 2 atom stereocenters. The van der Waals surface area contributed by atoms with Crippen LogP contribution in [0.3, 0.4) is 0 Å². The lowest BCUT2D eigenvalue weighted by molar-refractivity contribution is 0.412. The fourth-order valence-corrected chi connectivity index (χ4v) is 4.41. The van der Waals surface area contributed by atoms with Crippen LogP contribution in [0.1, 0.15) is 24.0 Å². The molecule has 114 valence electrons. The van der Waals surface area contributed by atoms with Gasteiger partial charge < -0.3 is 4.74 Å². The first-order valence-electron chi connectivity index (χ1n) is 7.06. The molecule has 0 radical (unpaired) electrons. The molecule has 3 rings (SSSR count). The first kappa shape index (κ1) is 16.8. The molecule has 0 spiro atoms. The topological polar surface area (TPSA) is 21.6 Å². The fraction of sp³-hybridized carbons (Fsp3) is 0.471. The maximum absolute atomic E-state index is 5.40. The van der Waals surface area contributed by atoms with E-state index in [1.54, 1.807) is 7.11 Å². The van der Waals surface area contributed by atoms with Crippen LogP contribution in [0.25, 0.3) is 0 Å². The number of methoxy groups -OCH3 is 1. The molecule has 21 heavy (non-hydrogen) atoms. The molecule has 0 bridgehead atoms. The number of halogens is 2. The third kappa shape index (κ3) is 2.85. The summed E-state index contributed by atoms with van der Waals surface area (Å²) in [7, 11) is 1.72. The Labute approximate surface area is 143 Å². The number of aliphatic imine (C=N–C) groups is 1. The van der Waals surface area contributed by atoms with Gasteiger partial charge in [0.1, 0.15) is 5.75 Å². The molecular weight excluding hydrogens is 394 g/mol. The van der Waals surface area contributed by atoms with Gasteiger partial charge in [0.15, 0.2) is 0 Å². The average Bonchev–Trinajstić information content (AvgIpc) is 2.95. The van der Waals surface area contributed by atoms with Crippen LogP contribution in [-0.2, 0) is 11.8 Å². The van der Waals surface area contributed by atoms with Crippen LogP contribution in [0.4, 0.5) is 0 Å². The van der Waals surface area contributed by atoms with Crippen LogP contribution in [0.5, 0.6) is 5.75 Å². The minimum absolute atomic E-state index is 0.0397. The number of hydrogen-bond acceptors (Lipinski definition) is 2. The van der Waals surface area contributed by atoms with E-state index in [0.717, 1.165) is 31.6 Å². The molecule has 0 amide bonds. The minimum atomic E-state index is 0.0397. The van der Waals surface area contributed by atoms with Crippen molar-refractivity contribution < 1.29 is 4.74 Å². The van der Waals surface area contributed by atoms with Gasteiger partial charge in [0.25, 0.3) is 0 Å². The zero-order valence-electron chi connectivity index (χ0n) is 12.5. The summed E-state index contributed by atoms with van der Waals surface area (Å²) in [6.07, 6.45) is 5.07. The van der Waals surface area contributed by atoms with Crippen molar-refractivity contribution >= 4 is 37.6 Å². The number of nitrogens with zero attached hydrogens (tertiary/aromatic N) is 1. The summed E-state index contributed by atoms with van der Waals surface area (Å²) in [5.74, 6) is 2.74. The Kier molecular flexibility index (Phi) is 5.67. The highest BCUT2D eigenvalue weighted by Crippen LogP contribution is 2.46. The standard InChI is InChI=1S/C16H18BrNO.CH3Br/c1-3-6-16-7-8-18-15(16)14(17)9-11-4-5-12(19-2)10-13(11)16;1-2/h3-5,10,14H,1,6-9H2,2H3;1H3. The Bertz CT molecular complexity index is 556. The molecule has 0 saturated carbocycles. The van der Waals surface area contributed by atoms with Gasteiger partial charge in [-0.1, -0.05) is 44.0 Å². The van der Waals surface area contributed by atoms with Crippen LogP contribution in [-0.4, -0.2) is 30.0 Å². The Morgan fingerprint density at radius 1 is 1.48 bits per heavy atom. The molecule has 1 aliphatic carbocycles. The van der Waals surface area contributed by atoms with Crippen molar-refractivity contribution in [2.45, 2.75) is 29.5 Å². The van der Waals surface area contributed by atoms with Crippen molar-refractivity contribution in [2.24, 2.45) is 4.99 Å². The first-order valence-corrected chi connectivity index (χ1v) is 9.56. The Morgan fingerprint density at radius 3 is 2.90 bits per heavy atom. The van der Waals surface area contributed by atoms with Crippen LogP contribution in [0, 0.1) is 0 Å². The second kappa shape index (κ2) is 7.10. The van der Waals surface area contributed by atoms with E-state index >= 15 is 0 Å². The van der Waals surface area contributed by atoms with Gasteiger partial charge in [-0.15, -0.1) is 6.58 Å². The van der Waals surface area contributed by atoms with Crippen molar-refractivity contribution in [3.05, 3.63) is 42.0 Å². The summed E-state index contributed by atoms with van der Waals surface area (Å²) in [6.45, 7) is 4.87. The van der Waals surface area contributed by atoms with Gasteiger partial charge in [-0.05, 0) is 48.4 Å². The van der Waals surface area contributed by atoms with Gasteiger partial charge in [-0.25, -0.2) is 0 Å². The summed E-state index contributed by atoms with van der Waals surface area (Å²) in [4.78, 5) is 5.12. The van der Waals surface area contributed by atoms with Crippen molar-refractivity contribution in [1.29, 1.82) is 0 Å². The maximum atomic E-state index is 5.40. The van der Waals surface area contributed by atoms with E-state index in [-0.39, 0.29) is 5.41 Å². The Morgan fingerprint density at radius 2 is 2.24 bits per heavy atom. The van der Waals surface area contributed by atoms with E-state index in [1.165, 1.54) is 16.8 Å². The molecule has 0 saturated heterocycles. The van der Waals surface area contributed by atoms with Gasteiger partial charge in [-0.2, -0.15) is 0 Å². The largest absolute Gasteiger partial charge is 0.497 e. The normalized spacial score (nSPS) is 25.9. The third-order valence-electron chi connectivity index (χ3n) is 4.33. The van der Waals surface area contributed by atoms with E-state index < -0.39 is 0 Å². The van der Waals surface area contributed by atoms with Crippen molar-refractivity contribution in [3.8, 4) is 5.75 Å². The molecule has 0 N–H and O–H groups in total. The van der Waals surface area contributed by atoms with Gasteiger partial charge in [0.2, 0.25) is 0 Å². The van der Waals surface area contributed by atoms with E-state index in [1.807, 2.05) is 11.9 Å². The lowest BCUT2D eigenvalue weighted by atomic mass is 9.66. The number of fused-ring (bicyclic) bond motifs is 3. The van der Waals surface area contributed by atoms with Gasteiger partial charge in [0.05, 0.1) is 11.9 Å². The minimum Gasteiger partial charge on any atom is -0.497 e. The monoisotopic (exact) mass is 413 g/mol. The smallest absolute Gasteiger partial charge is 0.119 e. The summed E-state index contributed by atoms with van der Waals surface area (Å²) in [5.41, 5.74) is 4.13. The van der Waals surface area contributed by atoms with Gasteiger partial charge in [0, 0.05) is 17.7 Å². The van der Waals surface area contributed by atoms with Gasteiger partial charge in [-0.3, -0.25) is 4.99 Å². The summed E-state index contributed by atoms with van der Waals surface area (Å²) >= 11 is 6.75. The number of rotatable bonds is 3. The molecule has 0 aromatic heterocycles. The maximum Gasteiger partial charge on any atom is 0.119 e. The Hall–Kier alpha value is -0.610. The molecule has 2 aliphatic rings. The first-order chi connectivity index (χ1) is 10.2. The number of allylic oxidation sites excluding steroid dienone is 1. The highest BCUT2D eigenvalue weighted by Gasteiger charge is 2.46. The highest BCUT2D eigenvalue weighted by molar-refractivity contribution is 9.10. The molecule has 1 aromatic rings. The molecule has 4 heteroatoms. The molecule has 1 aliphatic heterocycles. The van der Waals surface area contributed by atoms with E-state index in [0.29, 0.717) is 4.83 Å². The average molecular weight is 415 g/mol. The lowest BCUT2D eigenvalue weighted by Gasteiger charge is -2.39. The molecular formula is C17H21Br2NO. The van der Waals surface area contributed by atoms with E-state index in [2.05, 4.69) is 56.6 Å². The van der Waals surface area contributed by atoms with Crippen LogP contribution >= 0.6 is 31.9 Å².